The number of H-pyrrole nitrogens is 1. The van der Waals surface area contributed by atoms with Gasteiger partial charge in [0.2, 0.25) is 15.6 Å². The summed E-state index contributed by atoms with van der Waals surface area (Å²) in [4.78, 5) is 23.4. The van der Waals surface area contributed by atoms with Crippen molar-refractivity contribution in [2.45, 2.75) is 17.6 Å². The van der Waals surface area contributed by atoms with E-state index in [1.54, 1.807) is 0 Å². The highest BCUT2D eigenvalue weighted by atomic mass is 79.9. The van der Waals surface area contributed by atoms with Crippen molar-refractivity contribution in [1.29, 1.82) is 0 Å². The van der Waals surface area contributed by atoms with E-state index in [2.05, 4.69) is 20.9 Å². The van der Waals surface area contributed by atoms with Crippen LogP contribution >= 0.6 is 15.9 Å². The van der Waals surface area contributed by atoms with Crippen LogP contribution in [0.3, 0.4) is 0 Å². The maximum absolute atomic E-state index is 12.9. The quantitative estimate of drug-likeness (QED) is 0.369. The molecule has 0 spiro atoms. The number of para-hydroxylation sites is 1. The van der Waals surface area contributed by atoms with Crippen molar-refractivity contribution in [3.8, 4) is 0 Å². The maximum atomic E-state index is 12.9. The molecule has 28 heavy (non-hydrogen) atoms. The number of benzene rings is 1. The van der Waals surface area contributed by atoms with Gasteiger partial charge >= 0.3 is 6.18 Å². The second-order valence-corrected chi connectivity index (χ2v) is 8.21. The van der Waals surface area contributed by atoms with Crippen LogP contribution in [0.25, 0.3) is 0 Å². The van der Waals surface area contributed by atoms with Gasteiger partial charge in [0, 0.05) is 29.7 Å². The SMILES string of the molecule is O=c1cc(C(F)(F)F)cc(CN(CCBr)S(=O)(=O)c2ccccc2[N+](=O)[O-])[nH]1. The number of halogens is 4. The first-order valence-electron chi connectivity index (χ1n) is 7.57. The highest BCUT2D eigenvalue weighted by Gasteiger charge is 2.34. The summed E-state index contributed by atoms with van der Waals surface area (Å²) < 4.78 is 65.3. The van der Waals surface area contributed by atoms with Crippen LogP contribution in [0.2, 0.25) is 0 Å². The predicted octanol–water partition coefficient (Wildman–Crippen LogP) is 2.89. The Kier molecular flexibility index (Phi) is 6.62. The molecule has 152 valence electrons. The number of nitro benzene ring substituents is 1. The normalized spacial score (nSPS) is 12.3. The van der Waals surface area contributed by atoms with E-state index in [1.165, 1.54) is 12.1 Å². The molecule has 0 atom stereocenters. The van der Waals surface area contributed by atoms with Crippen LogP contribution in [-0.2, 0) is 22.7 Å². The summed E-state index contributed by atoms with van der Waals surface area (Å²) in [5.74, 6) is 0. The monoisotopic (exact) mass is 483 g/mol. The minimum absolute atomic E-state index is 0.107. The van der Waals surface area contributed by atoms with E-state index in [-0.39, 0.29) is 17.6 Å². The number of hydrogen-bond donors (Lipinski definition) is 1. The summed E-state index contributed by atoms with van der Waals surface area (Å²) in [6.45, 7) is -0.814. The molecule has 2 rings (SSSR count). The molecule has 0 amide bonds. The Morgan fingerprint density at radius 2 is 1.86 bits per heavy atom. The highest BCUT2D eigenvalue weighted by molar-refractivity contribution is 9.09. The molecule has 1 aromatic heterocycles. The lowest BCUT2D eigenvalue weighted by Crippen LogP contribution is -2.33. The first-order valence-corrected chi connectivity index (χ1v) is 10.1. The van der Waals surface area contributed by atoms with Gasteiger partial charge in [-0.2, -0.15) is 17.5 Å². The second kappa shape index (κ2) is 8.41. The van der Waals surface area contributed by atoms with Crippen LogP contribution < -0.4 is 5.56 Å². The van der Waals surface area contributed by atoms with Crippen LogP contribution in [0.1, 0.15) is 11.3 Å². The van der Waals surface area contributed by atoms with E-state index in [0.717, 1.165) is 16.4 Å². The zero-order valence-electron chi connectivity index (χ0n) is 13.9. The summed E-state index contributed by atoms with van der Waals surface area (Å²) in [6.07, 6.45) is -4.79. The molecule has 0 fully saturated rings. The van der Waals surface area contributed by atoms with Crippen LogP contribution in [0, 0.1) is 10.1 Å². The lowest BCUT2D eigenvalue weighted by molar-refractivity contribution is -0.387. The van der Waals surface area contributed by atoms with Crippen molar-refractivity contribution in [2.75, 3.05) is 11.9 Å². The lowest BCUT2D eigenvalue weighted by atomic mass is 10.2. The molecule has 0 aliphatic heterocycles. The van der Waals surface area contributed by atoms with Crippen LogP contribution in [-0.4, -0.2) is 34.5 Å². The summed E-state index contributed by atoms with van der Waals surface area (Å²) in [7, 11) is -4.44. The van der Waals surface area contributed by atoms with E-state index in [0.29, 0.717) is 12.1 Å². The van der Waals surface area contributed by atoms with Gasteiger partial charge in [0.1, 0.15) is 0 Å². The third kappa shape index (κ3) is 4.97. The Balaban J connectivity index is 2.51. The summed E-state index contributed by atoms with van der Waals surface area (Å²) in [5.41, 5.74) is -3.25. The fourth-order valence-electron chi connectivity index (χ4n) is 2.38. The zero-order valence-corrected chi connectivity index (χ0v) is 16.3. The number of nitrogens with one attached hydrogen (secondary N) is 1. The van der Waals surface area contributed by atoms with Crippen molar-refractivity contribution >= 4 is 31.6 Å². The minimum Gasteiger partial charge on any atom is -0.325 e. The van der Waals surface area contributed by atoms with Gasteiger partial charge in [-0.3, -0.25) is 14.9 Å². The van der Waals surface area contributed by atoms with Crippen LogP contribution in [0.15, 0.2) is 46.1 Å². The molecule has 8 nitrogen and oxygen atoms in total. The predicted molar refractivity (Wildman–Crippen MR) is 96.6 cm³/mol. The Labute approximate surface area is 165 Å². The molecule has 0 aliphatic carbocycles. The van der Waals surface area contributed by atoms with Crippen molar-refractivity contribution in [1.82, 2.24) is 9.29 Å². The number of alkyl halides is 4. The number of pyridine rings is 1. The maximum Gasteiger partial charge on any atom is 0.416 e. The van der Waals surface area contributed by atoms with Gasteiger partial charge in [0.25, 0.3) is 5.69 Å². The zero-order chi connectivity index (χ0) is 21.1. The van der Waals surface area contributed by atoms with E-state index in [1.807, 2.05) is 0 Å². The Hall–Kier alpha value is -2.25. The molecule has 1 heterocycles. The molecule has 1 N–H and O–H groups in total. The molecule has 2 aromatic rings. The van der Waals surface area contributed by atoms with Gasteiger partial charge in [-0.25, -0.2) is 8.42 Å². The number of aromatic nitrogens is 1. The molecular formula is C15H13BrF3N3O5S. The molecular weight excluding hydrogens is 471 g/mol. The first kappa shape index (κ1) is 22.0. The van der Waals surface area contributed by atoms with Gasteiger partial charge in [-0.05, 0) is 12.1 Å². The Morgan fingerprint density at radius 1 is 1.21 bits per heavy atom. The molecule has 13 heteroatoms. The van der Waals surface area contributed by atoms with E-state index in [9.17, 15) is 36.5 Å². The number of nitro groups is 1. The van der Waals surface area contributed by atoms with Gasteiger partial charge in [0.05, 0.1) is 17.0 Å². The highest BCUT2D eigenvalue weighted by Crippen LogP contribution is 2.30. The Morgan fingerprint density at radius 3 is 2.43 bits per heavy atom. The van der Waals surface area contributed by atoms with Crippen molar-refractivity contribution in [3.05, 3.63) is 68.1 Å². The van der Waals surface area contributed by atoms with Crippen molar-refractivity contribution in [2.24, 2.45) is 0 Å². The lowest BCUT2D eigenvalue weighted by Gasteiger charge is -2.21. The first-order chi connectivity index (χ1) is 13.0. The third-order valence-corrected chi connectivity index (χ3v) is 5.83. The molecule has 0 saturated carbocycles. The average Bonchev–Trinajstić information content (AvgIpc) is 2.60. The van der Waals surface area contributed by atoms with Crippen LogP contribution in [0.5, 0.6) is 0 Å². The number of nitrogens with zero attached hydrogens (tertiary/aromatic N) is 2. The van der Waals surface area contributed by atoms with Gasteiger partial charge in [-0.15, -0.1) is 0 Å². The number of aromatic amines is 1. The average molecular weight is 484 g/mol. The Bertz CT molecular complexity index is 1040. The fourth-order valence-corrected chi connectivity index (χ4v) is 4.62. The van der Waals surface area contributed by atoms with E-state index >= 15 is 0 Å². The topological polar surface area (TPSA) is 113 Å². The smallest absolute Gasteiger partial charge is 0.325 e. The van der Waals surface area contributed by atoms with Crippen molar-refractivity contribution in [3.63, 3.8) is 0 Å². The molecule has 0 aliphatic rings. The molecule has 0 radical (unpaired) electrons. The number of rotatable bonds is 7. The van der Waals surface area contributed by atoms with Gasteiger partial charge < -0.3 is 4.98 Å². The van der Waals surface area contributed by atoms with Crippen LogP contribution in [0.4, 0.5) is 18.9 Å². The van der Waals surface area contributed by atoms with Gasteiger partial charge in [-0.1, -0.05) is 28.1 Å². The summed E-state index contributed by atoms with van der Waals surface area (Å²) >= 11 is 3.04. The molecule has 0 unspecified atom stereocenters. The fraction of sp³-hybridized carbons (Fsp3) is 0.267. The molecule has 1 aromatic carbocycles. The summed E-state index contributed by atoms with van der Waals surface area (Å²) in [5, 5.41) is 11.3. The standard InChI is InChI=1S/C15H13BrF3N3O5S/c16-5-6-21(9-11-7-10(15(17,18)19)8-14(23)20-11)28(26,27)13-4-2-1-3-12(13)22(24)25/h1-4,7-8H,5-6,9H2,(H,20,23). The largest absolute Gasteiger partial charge is 0.416 e. The minimum atomic E-state index is -4.79. The third-order valence-electron chi connectivity index (χ3n) is 3.59. The van der Waals surface area contributed by atoms with E-state index < -0.39 is 49.4 Å². The summed E-state index contributed by atoms with van der Waals surface area (Å²) in [6, 6.07) is 5.59. The number of sulfonamides is 1. The number of hydrogen-bond acceptors (Lipinski definition) is 5. The van der Waals surface area contributed by atoms with E-state index in [4.69, 9.17) is 0 Å². The van der Waals surface area contributed by atoms with Crippen molar-refractivity contribution < 1.29 is 26.5 Å². The second-order valence-electron chi connectivity index (χ2n) is 5.51. The molecule has 0 bridgehead atoms. The van der Waals surface area contributed by atoms with Gasteiger partial charge in [0.15, 0.2) is 4.90 Å². The molecule has 0 saturated heterocycles.